The van der Waals surface area contributed by atoms with Crippen LogP contribution in [0, 0.1) is 6.92 Å². The van der Waals surface area contributed by atoms with Crippen LogP contribution in [0.15, 0.2) is 97.1 Å². The molecule has 0 aromatic heterocycles. The minimum atomic E-state index is -0.579. The maximum Gasteiger partial charge on any atom is 0.243 e. The second-order valence-corrected chi connectivity index (χ2v) is 11.2. The van der Waals surface area contributed by atoms with Crippen LogP contribution in [0.3, 0.4) is 0 Å². The molecule has 1 saturated carbocycles. The predicted molar refractivity (Wildman–Crippen MR) is 163 cm³/mol. The second-order valence-electron chi connectivity index (χ2n) is 11.2. The van der Waals surface area contributed by atoms with Crippen molar-refractivity contribution in [1.29, 1.82) is 0 Å². The smallest absolute Gasteiger partial charge is 0.243 e. The molecule has 1 aliphatic rings. The molecule has 0 spiro atoms. The Labute approximate surface area is 238 Å². The summed E-state index contributed by atoms with van der Waals surface area (Å²) in [7, 11) is 0. The van der Waals surface area contributed by atoms with E-state index in [9.17, 15) is 9.59 Å². The fourth-order valence-corrected chi connectivity index (χ4v) is 6.00. The summed E-state index contributed by atoms with van der Waals surface area (Å²) < 4.78 is 0. The van der Waals surface area contributed by atoms with Crippen molar-refractivity contribution in [1.82, 2.24) is 10.2 Å². The fourth-order valence-electron chi connectivity index (χ4n) is 6.00. The van der Waals surface area contributed by atoms with E-state index in [4.69, 9.17) is 0 Å². The van der Waals surface area contributed by atoms with Gasteiger partial charge in [-0.3, -0.25) is 9.59 Å². The molecular weight excluding hydrogens is 492 g/mol. The Hall–Kier alpha value is -3.92. The molecule has 5 rings (SSSR count). The van der Waals surface area contributed by atoms with Crippen LogP contribution in [0.25, 0.3) is 10.8 Å². The van der Waals surface area contributed by atoms with Gasteiger partial charge in [0.05, 0.1) is 0 Å². The number of nitrogens with zero attached hydrogens (tertiary/aromatic N) is 1. The third-order valence-corrected chi connectivity index (χ3v) is 8.15. The highest BCUT2D eigenvalue weighted by Crippen LogP contribution is 2.23. The molecule has 40 heavy (non-hydrogen) atoms. The summed E-state index contributed by atoms with van der Waals surface area (Å²) in [5.41, 5.74) is 4.41. The van der Waals surface area contributed by atoms with Crippen molar-refractivity contribution in [3.05, 3.63) is 119 Å². The van der Waals surface area contributed by atoms with Crippen LogP contribution in [0.1, 0.15) is 60.8 Å². The zero-order chi connectivity index (χ0) is 27.7. The molecule has 0 unspecified atom stereocenters. The highest BCUT2D eigenvalue weighted by Gasteiger charge is 2.31. The molecule has 1 atom stereocenters. The maximum atomic E-state index is 14.1. The Morgan fingerprint density at radius 1 is 0.825 bits per heavy atom. The summed E-state index contributed by atoms with van der Waals surface area (Å²) in [6.07, 6.45) is 7.01. The Morgan fingerprint density at radius 2 is 1.52 bits per heavy atom. The highest BCUT2D eigenvalue weighted by atomic mass is 16.2. The Morgan fingerprint density at radius 3 is 2.33 bits per heavy atom. The van der Waals surface area contributed by atoms with Crippen LogP contribution in [0.2, 0.25) is 0 Å². The molecule has 1 aliphatic carbocycles. The molecular formula is C36H40N2O2. The first kappa shape index (κ1) is 27.6. The van der Waals surface area contributed by atoms with Gasteiger partial charge < -0.3 is 10.2 Å². The molecule has 4 aromatic rings. The highest BCUT2D eigenvalue weighted by molar-refractivity contribution is 5.89. The Kier molecular flexibility index (Phi) is 9.28. The van der Waals surface area contributed by atoms with Crippen LogP contribution in [-0.4, -0.2) is 28.8 Å². The van der Waals surface area contributed by atoms with Crippen LogP contribution >= 0.6 is 0 Å². The van der Waals surface area contributed by atoms with E-state index in [-0.39, 0.29) is 17.9 Å². The van der Waals surface area contributed by atoms with Gasteiger partial charge in [-0.2, -0.15) is 0 Å². The Balaban J connectivity index is 1.43. The van der Waals surface area contributed by atoms with Crippen molar-refractivity contribution in [3.8, 4) is 0 Å². The number of fused-ring (bicyclic) bond motifs is 1. The van der Waals surface area contributed by atoms with E-state index in [1.165, 1.54) is 17.2 Å². The van der Waals surface area contributed by atoms with Gasteiger partial charge in [0.2, 0.25) is 11.8 Å². The van der Waals surface area contributed by atoms with Crippen molar-refractivity contribution < 1.29 is 9.59 Å². The predicted octanol–water partition coefficient (Wildman–Crippen LogP) is 7.17. The molecule has 2 amide bonds. The quantitative estimate of drug-likeness (QED) is 0.235. The van der Waals surface area contributed by atoms with Crippen molar-refractivity contribution in [3.63, 3.8) is 0 Å². The summed E-state index contributed by atoms with van der Waals surface area (Å²) in [5, 5.41) is 5.70. The van der Waals surface area contributed by atoms with E-state index in [0.29, 0.717) is 25.8 Å². The van der Waals surface area contributed by atoms with E-state index in [1.54, 1.807) is 0 Å². The first-order valence-electron chi connectivity index (χ1n) is 14.7. The van der Waals surface area contributed by atoms with Gasteiger partial charge >= 0.3 is 0 Å². The molecule has 0 saturated heterocycles. The zero-order valence-corrected chi connectivity index (χ0v) is 23.5. The van der Waals surface area contributed by atoms with E-state index >= 15 is 0 Å². The minimum absolute atomic E-state index is 0.00849. The molecule has 0 aliphatic heterocycles. The summed E-state index contributed by atoms with van der Waals surface area (Å²) in [5.74, 6) is -0.0314. The normalized spacial score (nSPS) is 14.5. The van der Waals surface area contributed by atoms with E-state index in [2.05, 4.69) is 60.8 Å². The molecule has 4 nitrogen and oxygen atoms in total. The lowest BCUT2D eigenvalue weighted by atomic mass is 9.94. The number of carbonyl (C=O) groups is 2. The van der Waals surface area contributed by atoms with Crippen LogP contribution in [-0.2, 0) is 29.0 Å². The lowest BCUT2D eigenvalue weighted by Gasteiger charge is -2.33. The number of benzene rings is 4. The van der Waals surface area contributed by atoms with Gasteiger partial charge in [-0.25, -0.2) is 0 Å². The van der Waals surface area contributed by atoms with Crippen LogP contribution in [0.4, 0.5) is 0 Å². The fraction of sp³-hybridized carbons (Fsp3) is 0.333. The largest absolute Gasteiger partial charge is 0.352 e. The number of amides is 2. The maximum absolute atomic E-state index is 14.1. The molecule has 1 fully saturated rings. The molecule has 206 valence electrons. The van der Waals surface area contributed by atoms with Crippen molar-refractivity contribution in [2.75, 3.05) is 0 Å². The van der Waals surface area contributed by atoms with Crippen molar-refractivity contribution in [2.24, 2.45) is 0 Å². The minimum Gasteiger partial charge on any atom is -0.352 e. The molecule has 1 N–H and O–H groups in total. The number of nitrogens with one attached hydrogen (secondary N) is 1. The lowest BCUT2D eigenvalue weighted by Crippen LogP contribution is -2.52. The molecule has 0 bridgehead atoms. The number of hydrogen-bond acceptors (Lipinski definition) is 2. The summed E-state index contributed by atoms with van der Waals surface area (Å²) in [6, 6.07) is 32.5. The van der Waals surface area contributed by atoms with Gasteiger partial charge in [-0.15, -0.1) is 0 Å². The van der Waals surface area contributed by atoms with Gasteiger partial charge in [0, 0.05) is 25.4 Å². The first-order valence-corrected chi connectivity index (χ1v) is 14.7. The molecule has 4 aromatic carbocycles. The van der Waals surface area contributed by atoms with Gasteiger partial charge in [-0.05, 0) is 53.6 Å². The molecule has 0 radical (unpaired) electrons. The Bertz CT molecular complexity index is 1420. The van der Waals surface area contributed by atoms with Crippen molar-refractivity contribution >= 4 is 22.6 Å². The van der Waals surface area contributed by atoms with Gasteiger partial charge in [-0.1, -0.05) is 122 Å². The second kappa shape index (κ2) is 13.4. The number of aryl methyl sites for hydroxylation is 2. The lowest BCUT2D eigenvalue weighted by molar-refractivity contribution is -0.141. The topological polar surface area (TPSA) is 49.4 Å². The van der Waals surface area contributed by atoms with Crippen LogP contribution < -0.4 is 5.32 Å². The van der Waals surface area contributed by atoms with E-state index < -0.39 is 6.04 Å². The van der Waals surface area contributed by atoms with Gasteiger partial charge in [0.15, 0.2) is 0 Å². The van der Waals surface area contributed by atoms with Crippen molar-refractivity contribution in [2.45, 2.75) is 76.9 Å². The first-order chi connectivity index (χ1) is 19.6. The molecule has 4 heteroatoms. The summed E-state index contributed by atoms with van der Waals surface area (Å²) in [4.78, 5) is 29.9. The summed E-state index contributed by atoms with van der Waals surface area (Å²) >= 11 is 0. The van der Waals surface area contributed by atoms with Gasteiger partial charge in [0.1, 0.15) is 6.04 Å². The summed E-state index contributed by atoms with van der Waals surface area (Å²) in [6.45, 7) is 2.47. The zero-order valence-electron chi connectivity index (χ0n) is 23.5. The third kappa shape index (κ3) is 7.18. The number of carbonyl (C=O) groups excluding carboxylic acids is 2. The van der Waals surface area contributed by atoms with E-state index in [1.807, 2.05) is 53.4 Å². The van der Waals surface area contributed by atoms with Gasteiger partial charge in [0.25, 0.3) is 0 Å². The van der Waals surface area contributed by atoms with Crippen LogP contribution in [0.5, 0.6) is 0 Å². The monoisotopic (exact) mass is 532 g/mol. The number of rotatable bonds is 10. The third-order valence-electron chi connectivity index (χ3n) is 8.15. The average molecular weight is 533 g/mol. The SMILES string of the molecule is Cc1cccc(CN(C(=O)CCc2cccc3ccccc23)[C@H](Cc2ccccc2)C(=O)NC2CCCCC2)c1. The van der Waals surface area contributed by atoms with E-state index in [0.717, 1.165) is 47.9 Å². The standard InChI is InChI=1S/C36H40N2O2/c1-27-12-10-15-29(24-27)26-38(35(39)23-22-31-18-11-17-30-16-8-9-21-33(30)31)34(25-28-13-4-2-5-14-28)36(40)37-32-19-6-3-7-20-32/h2,4-5,8-18,21,24,32,34H,3,6-7,19-20,22-23,25-26H2,1H3,(H,37,40)/t34-/m1/s1. The average Bonchev–Trinajstić information content (AvgIpc) is 2.98. The number of hydrogen-bond donors (Lipinski definition) is 1. The molecule has 0 heterocycles.